The number of aliphatic hydroxyl groups excluding tert-OH is 1. The lowest BCUT2D eigenvalue weighted by Gasteiger charge is -2.37. The average Bonchev–Trinajstić information content (AvgIpc) is 2.78. The molecule has 0 spiro atoms. The molecule has 0 radical (unpaired) electrons. The number of anilines is 2. The van der Waals surface area contributed by atoms with Crippen LogP contribution in [0.25, 0.3) is 0 Å². The number of carbonyl (C=O) groups excluding carboxylic acids is 1. The Morgan fingerprint density at radius 1 is 1.06 bits per heavy atom. The summed E-state index contributed by atoms with van der Waals surface area (Å²) in [5.41, 5.74) is 1.77. The van der Waals surface area contributed by atoms with Crippen LogP contribution in [-0.4, -0.2) is 61.5 Å². The van der Waals surface area contributed by atoms with Crippen LogP contribution < -0.4 is 20.3 Å². The zero-order valence-electron chi connectivity index (χ0n) is 17.4. The monoisotopic (exact) mass is 450 g/mol. The van der Waals surface area contributed by atoms with Crippen LogP contribution in [0, 0.1) is 0 Å². The second kappa shape index (κ2) is 9.25. The minimum Gasteiger partial charge on any atom is -0.491 e. The minimum atomic E-state index is -4.33. The van der Waals surface area contributed by atoms with Gasteiger partial charge in [-0.05, 0) is 48.0 Å². The number of nitrogens with zero attached hydrogens (tertiary/aromatic N) is 2. The van der Waals surface area contributed by atoms with Crippen LogP contribution in [0.5, 0.6) is 5.75 Å². The van der Waals surface area contributed by atoms with Gasteiger partial charge in [-0.2, -0.15) is 13.2 Å². The van der Waals surface area contributed by atoms with Gasteiger partial charge in [0, 0.05) is 50.6 Å². The number of carbonyl (C=O) groups is 1. The molecule has 0 aromatic heterocycles. The third-order valence-corrected chi connectivity index (χ3v) is 5.61. The number of hydrogen-bond donors (Lipinski definition) is 3. The third kappa shape index (κ3) is 5.43. The Balaban J connectivity index is 1.22. The van der Waals surface area contributed by atoms with Crippen LogP contribution in [0.15, 0.2) is 42.5 Å². The van der Waals surface area contributed by atoms with Gasteiger partial charge >= 0.3 is 12.2 Å². The van der Waals surface area contributed by atoms with Gasteiger partial charge in [0.25, 0.3) is 0 Å². The van der Waals surface area contributed by atoms with Crippen molar-refractivity contribution < 1.29 is 27.8 Å². The number of rotatable bonds is 6. The van der Waals surface area contributed by atoms with E-state index in [0.29, 0.717) is 45.0 Å². The first-order valence-corrected chi connectivity index (χ1v) is 10.4. The maximum absolute atomic E-state index is 12.7. The molecule has 2 heterocycles. The predicted octanol–water partition coefficient (Wildman–Crippen LogP) is 2.90. The van der Waals surface area contributed by atoms with Gasteiger partial charge < -0.3 is 25.4 Å². The first kappa shape index (κ1) is 22.2. The van der Waals surface area contributed by atoms with E-state index in [9.17, 15) is 23.1 Å². The Bertz CT molecular complexity index is 944. The van der Waals surface area contributed by atoms with Crippen molar-refractivity contribution in [2.24, 2.45) is 0 Å². The van der Waals surface area contributed by atoms with E-state index >= 15 is 0 Å². The van der Waals surface area contributed by atoms with E-state index in [4.69, 9.17) is 4.74 Å². The summed E-state index contributed by atoms with van der Waals surface area (Å²) in [4.78, 5) is 15.5. The normalized spacial score (nSPS) is 17.9. The van der Waals surface area contributed by atoms with Crippen LogP contribution in [0.3, 0.4) is 0 Å². The van der Waals surface area contributed by atoms with Crippen LogP contribution >= 0.6 is 0 Å². The molecule has 2 aliphatic heterocycles. The Labute approximate surface area is 183 Å². The molecule has 3 N–H and O–H groups in total. The van der Waals surface area contributed by atoms with E-state index in [1.165, 1.54) is 12.1 Å². The fourth-order valence-electron chi connectivity index (χ4n) is 3.86. The first-order chi connectivity index (χ1) is 15.3. The molecule has 2 aromatic carbocycles. The summed E-state index contributed by atoms with van der Waals surface area (Å²) >= 11 is 0. The maximum atomic E-state index is 12.7. The molecular formula is C22H25F3N4O3. The Kier molecular flexibility index (Phi) is 6.43. The van der Waals surface area contributed by atoms with Crippen molar-refractivity contribution in [3.05, 3.63) is 53.6 Å². The minimum absolute atomic E-state index is 0.137. The summed E-state index contributed by atoms with van der Waals surface area (Å²) in [5, 5.41) is 15.8. The lowest BCUT2D eigenvalue weighted by atomic mass is 10.1. The molecule has 0 unspecified atom stereocenters. The molecule has 172 valence electrons. The predicted molar refractivity (Wildman–Crippen MR) is 114 cm³/mol. The number of fused-ring (bicyclic) bond motifs is 1. The summed E-state index contributed by atoms with van der Waals surface area (Å²) in [5.74, 6) is 0.618. The molecule has 1 fully saturated rings. The highest BCUT2D eigenvalue weighted by atomic mass is 19.4. The number of ether oxygens (including phenoxy) is 1. The number of urea groups is 1. The average molecular weight is 450 g/mol. The van der Waals surface area contributed by atoms with Crippen LogP contribution in [0.1, 0.15) is 11.1 Å². The molecule has 2 aromatic rings. The smallest absolute Gasteiger partial charge is 0.416 e. The fourth-order valence-corrected chi connectivity index (χ4v) is 3.86. The van der Waals surface area contributed by atoms with Gasteiger partial charge in [-0.15, -0.1) is 0 Å². The molecule has 10 heteroatoms. The van der Waals surface area contributed by atoms with Crippen molar-refractivity contribution in [2.75, 3.05) is 49.5 Å². The molecule has 1 atom stereocenters. The number of β-amino-alcohol motifs (C(OH)–C–C–N with tert-alkyl or cyclic N) is 1. The summed E-state index contributed by atoms with van der Waals surface area (Å²) in [6.07, 6.45) is -5.01. The van der Waals surface area contributed by atoms with Crippen LogP contribution in [0.2, 0.25) is 0 Å². The summed E-state index contributed by atoms with van der Waals surface area (Å²) < 4.78 is 43.9. The number of amides is 2. The molecule has 32 heavy (non-hydrogen) atoms. The lowest BCUT2D eigenvalue weighted by Crippen LogP contribution is -2.49. The van der Waals surface area contributed by atoms with E-state index in [-0.39, 0.29) is 12.6 Å². The maximum Gasteiger partial charge on any atom is 0.416 e. The Hall–Kier alpha value is -2.98. The Morgan fingerprint density at radius 2 is 1.78 bits per heavy atom. The fraction of sp³-hybridized carbons (Fsp3) is 0.409. The van der Waals surface area contributed by atoms with E-state index in [1.807, 2.05) is 11.0 Å². The van der Waals surface area contributed by atoms with Crippen molar-refractivity contribution in [1.82, 2.24) is 10.2 Å². The van der Waals surface area contributed by atoms with E-state index in [1.54, 1.807) is 12.1 Å². The molecule has 0 saturated carbocycles. The number of hydrogen-bond acceptors (Lipinski definition) is 5. The lowest BCUT2D eigenvalue weighted by molar-refractivity contribution is -0.137. The largest absolute Gasteiger partial charge is 0.491 e. The van der Waals surface area contributed by atoms with Crippen molar-refractivity contribution in [3.8, 4) is 5.75 Å². The first-order valence-electron chi connectivity index (χ1n) is 10.4. The van der Waals surface area contributed by atoms with Gasteiger partial charge in [0.05, 0.1) is 5.56 Å². The highest BCUT2D eigenvalue weighted by Crippen LogP contribution is 2.30. The number of alkyl halides is 3. The summed E-state index contributed by atoms with van der Waals surface area (Å²) in [6, 6.07) is 10.3. The Morgan fingerprint density at radius 3 is 2.47 bits per heavy atom. The second-order valence-corrected chi connectivity index (χ2v) is 7.92. The SMILES string of the molecule is O=C1NCc2cc(OC[C@H](O)CN3CCN(c4ccc(C(F)(F)F)cc4)CC3)ccc2N1. The van der Waals surface area contributed by atoms with Gasteiger partial charge in [-0.25, -0.2) is 4.79 Å². The summed E-state index contributed by atoms with van der Waals surface area (Å²) in [6.45, 7) is 3.74. The number of halogens is 3. The number of nitrogens with one attached hydrogen (secondary N) is 2. The number of aliphatic hydroxyl groups is 1. The molecule has 7 nitrogen and oxygen atoms in total. The summed E-state index contributed by atoms with van der Waals surface area (Å²) in [7, 11) is 0. The van der Waals surface area contributed by atoms with Gasteiger partial charge in [0.2, 0.25) is 0 Å². The van der Waals surface area contributed by atoms with Crippen molar-refractivity contribution in [1.29, 1.82) is 0 Å². The van der Waals surface area contributed by atoms with E-state index < -0.39 is 17.8 Å². The molecule has 1 saturated heterocycles. The molecule has 0 bridgehead atoms. The zero-order chi connectivity index (χ0) is 22.7. The van der Waals surface area contributed by atoms with E-state index in [0.717, 1.165) is 29.1 Å². The van der Waals surface area contributed by atoms with Gasteiger partial charge in [-0.1, -0.05) is 0 Å². The topological polar surface area (TPSA) is 77.1 Å². The highest BCUT2D eigenvalue weighted by Gasteiger charge is 2.30. The zero-order valence-corrected chi connectivity index (χ0v) is 17.4. The molecular weight excluding hydrogens is 425 g/mol. The molecule has 2 aliphatic rings. The quantitative estimate of drug-likeness (QED) is 0.631. The van der Waals surface area contributed by atoms with Crippen molar-refractivity contribution in [3.63, 3.8) is 0 Å². The van der Waals surface area contributed by atoms with E-state index in [2.05, 4.69) is 15.5 Å². The van der Waals surface area contributed by atoms with Crippen molar-refractivity contribution in [2.45, 2.75) is 18.8 Å². The highest BCUT2D eigenvalue weighted by molar-refractivity contribution is 5.92. The third-order valence-electron chi connectivity index (χ3n) is 5.61. The van der Waals surface area contributed by atoms with Crippen LogP contribution in [-0.2, 0) is 12.7 Å². The van der Waals surface area contributed by atoms with Gasteiger partial charge in [0.1, 0.15) is 18.5 Å². The standard InChI is InChI=1S/C22H25F3N4O3/c23-22(24,25)16-1-3-17(4-2-16)29-9-7-28(8-10-29)13-18(30)14-32-19-5-6-20-15(11-19)12-26-21(31)27-20/h1-6,11,18,30H,7-10,12-14H2,(H2,26,27,31)/t18-/m1/s1. The molecule has 0 aliphatic carbocycles. The van der Waals surface area contributed by atoms with Crippen molar-refractivity contribution >= 4 is 17.4 Å². The second-order valence-electron chi connectivity index (χ2n) is 7.92. The van der Waals surface area contributed by atoms with Gasteiger partial charge in [0.15, 0.2) is 0 Å². The molecule has 4 rings (SSSR count). The number of benzene rings is 2. The van der Waals surface area contributed by atoms with Gasteiger partial charge in [-0.3, -0.25) is 4.90 Å². The number of piperazine rings is 1. The van der Waals surface area contributed by atoms with Crippen LogP contribution in [0.4, 0.5) is 29.3 Å². The molecule has 2 amide bonds.